The number of carboxylic acid groups (broad SMARTS) is 1. The number of hydrogen-bond acceptors (Lipinski definition) is 3. The van der Waals surface area contributed by atoms with Crippen LogP contribution in [0.15, 0.2) is 18.3 Å². The quantitative estimate of drug-likeness (QED) is 0.858. The summed E-state index contributed by atoms with van der Waals surface area (Å²) in [6.45, 7) is 5.88. The zero-order valence-electron chi connectivity index (χ0n) is 13.6. The number of aliphatic hydroxyl groups is 1. The SMILES string of the molecule is Cc1cc(C(=O)O)cc2c(CCN3CCCC3)cn(CCO)c12. The minimum absolute atomic E-state index is 0.0788. The van der Waals surface area contributed by atoms with Gasteiger partial charge in [0, 0.05) is 24.7 Å². The Balaban J connectivity index is 1.98. The molecule has 1 aromatic carbocycles. The lowest BCUT2D eigenvalue weighted by Gasteiger charge is -2.13. The Bertz CT molecular complexity index is 715. The summed E-state index contributed by atoms with van der Waals surface area (Å²) in [5, 5.41) is 19.6. The summed E-state index contributed by atoms with van der Waals surface area (Å²) in [5.74, 6) is -0.893. The van der Waals surface area contributed by atoms with E-state index in [-0.39, 0.29) is 6.61 Å². The standard InChI is InChI=1S/C18H24N2O3/c1-13-10-15(18(22)23)11-16-14(4-7-19-5-2-3-6-19)12-20(8-9-21)17(13)16/h10-12,21H,2-9H2,1H3,(H,22,23). The highest BCUT2D eigenvalue weighted by Gasteiger charge is 2.16. The smallest absolute Gasteiger partial charge is 0.335 e. The monoisotopic (exact) mass is 316 g/mol. The van der Waals surface area contributed by atoms with Gasteiger partial charge in [0.25, 0.3) is 0 Å². The van der Waals surface area contributed by atoms with Gasteiger partial charge < -0.3 is 19.7 Å². The van der Waals surface area contributed by atoms with Crippen LogP contribution >= 0.6 is 0 Å². The molecule has 23 heavy (non-hydrogen) atoms. The first-order chi connectivity index (χ1) is 11.1. The molecule has 1 fully saturated rings. The van der Waals surface area contributed by atoms with Crippen LogP contribution in [0.4, 0.5) is 0 Å². The Morgan fingerprint density at radius 3 is 2.61 bits per heavy atom. The second kappa shape index (κ2) is 6.72. The van der Waals surface area contributed by atoms with Gasteiger partial charge in [-0.2, -0.15) is 0 Å². The average molecular weight is 316 g/mol. The number of hydrogen-bond donors (Lipinski definition) is 2. The number of aliphatic hydroxyl groups excluding tert-OH is 1. The summed E-state index contributed by atoms with van der Waals surface area (Å²) < 4.78 is 2.05. The summed E-state index contributed by atoms with van der Waals surface area (Å²) in [7, 11) is 0. The van der Waals surface area contributed by atoms with E-state index in [0.29, 0.717) is 12.1 Å². The maximum atomic E-state index is 11.4. The van der Waals surface area contributed by atoms with E-state index in [1.807, 2.05) is 6.92 Å². The van der Waals surface area contributed by atoms with Gasteiger partial charge in [-0.05, 0) is 62.5 Å². The van der Waals surface area contributed by atoms with Crippen LogP contribution in [-0.2, 0) is 13.0 Å². The van der Waals surface area contributed by atoms with Gasteiger partial charge in [-0.15, -0.1) is 0 Å². The Kier molecular flexibility index (Phi) is 4.68. The van der Waals surface area contributed by atoms with E-state index < -0.39 is 5.97 Å². The van der Waals surface area contributed by atoms with E-state index >= 15 is 0 Å². The first kappa shape index (κ1) is 16.0. The molecule has 0 atom stereocenters. The molecule has 1 aliphatic rings. The third-order valence-electron chi connectivity index (χ3n) is 4.73. The van der Waals surface area contributed by atoms with Crippen molar-refractivity contribution in [3.8, 4) is 0 Å². The maximum Gasteiger partial charge on any atom is 0.335 e. The van der Waals surface area contributed by atoms with Crippen LogP contribution in [0.2, 0.25) is 0 Å². The van der Waals surface area contributed by atoms with E-state index in [1.54, 1.807) is 12.1 Å². The number of aromatic nitrogens is 1. The van der Waals surface area contributed by atoms with Gasteiger partial charge >= 0.3 is 5.97 Å². The van der Waals surface area contributed by atoms with Gasteiger partial charge in [0.2, 0.25) is 0 Å². The molecule has 2 aromatic rings. The summed E-state index contributed by atoms with van der Waals surface area (Å²) in [6.07, 6.45) is 5.54. The Morgan fingerprint density at radius 2 is 1.96 bits per heavy atom. The lowest BCUT2D eigenvalue weighted by atomic mass is 10.0. The van der Waals surface area contributed by atoms with Crippen molar-refractivity contribution in [3.05, 3.63) is 35.0 Å². The fourth-order valence-corrected chi connectivity index (χ4v) is 3.62. The summed E-state index contributed by atoms with van der Waals surface area (Å²) >= 11 is 0. The number of carbonyl (C=O) groups is 1. The normalized spacial score (nSPS) is 15.6. The van der Waals surface area contributed by atoms with Crippen LogP contribution in [0, 0.1) is 6.92 Å². The first-order valence-electron chi connectivity index (χ1n) is 8.29. The van der Waals surface area contributed by atoms with Gasteiger partial charge in [0.1, 0.15) is 0 Å². The van der Waals surface area contributed by atoms with Crippen molar-refractivity contribution < 1.29 is 15.0 Å². The number of fused-ring (bicyclic) bond motifs is 1. The number of aromatic carboxylic acids is 1. The molecule has 124 valence electrons. The minimum Gasteiger partial charge on any atom is -0.478 e. The largest absolute Gasteiger partial charge is 0.478 e. The molecule has 0 saturated carbocycles. The molecular weight excluding hydrogens is 292 g/mol. The topological polar surface area (TPSA) is 65.7 Å². The Labute approximate surface area is 136 Å². The lowest BCUT2D eigenvalue weighted by Crippen LogP contribution is -2.21. The van der Waals surface area contributed by atoms with Gasteiger partial charge in [-0.25, -0.2) is 4.79 Å². The average Bonchev–Trinajstić information content (AvgIpc) is 3.13. The molecule has 0 aliphatic carbocycles. The molecule has 0 radical (unpaired) electrons. The van der Waals surface area contributed by atoms with Crippen molar-refractivity contribution in [3.63, 3.8) is 0 Å². The molecule has 2 N–H and O–H groups in total. The van der Waals surface area contributed by atoms with Gasteiger partial charge in [-0.1, -0.05) is 0 Å². The van der Waals surface area contributed by atoms with Gasteiger partial charge in [0.15, 0.2) is 0 Å². The number of aryl methyl sites for hydroxylation is 1. The first-order valence-corrected chi connectivity index (χ1v) is 8.29. The summed E-state index contributed by atoms with van der Waals surface area (Å²) in [4.78, 5) is 13.8. The molecule has 2 heterocycles. The summed E-state index contributed by atoms with van der Waals surface area (Å²) in [6, 6.07) is 3.49. The predicted molar refractivity (Wildman–Crippen MR) is 90.1 cm³/mol. The van der Waals surface area contributed by atoms with E-state index in [4.69, 9.17) is 0 Å². The molecule has 3 rings (SSSR count). The van der Waals surface area contributed by atoms with Crippen LogP contribution in [-0.4, -0.2) is 51.9 Å². The molecule has 5 heteroatoms. The van der Waals surface area contributed by atoms with Gasteiger partial charge in [0.05, 0.1) is 17.7 Å². The highest BCUT2D eigenvalue weighted by Crippen LogP contribution is 2.27. The van der Waals surface area contributed by atoms with Crippen LogP contribution in [0.25, 0.3) is 10.9 Å². The minimum atomic E-state index is -0.893. The molecule has 1 aromatic heterocycles. The van der Waals surface area contributed by atoms with Gasteiger partial charge in [-0.3, -0.25) is 0 Å². The molecule has 0 amide bonds. The number of nitrogens with zero attached hydrogens (tertiary/aromatic N) is 2. The zero-order valence-corrected chi connectivity index (χ0v) is 13.6. The van der Waals surface area contributed by atoms with Crippen molar-refractivity contribution in [2.45, 2.75) is 32.7 Å². The molecule has 0 bridgehead atoms. The van der Waals surface area contributed by atoms with Crippen molar-refractivity contribution in [1.82, 2.24) is 9.47 Å². The zero-order chi connectivity index (χ0) is 16.4. The van der Waals surface area contributed by atoms with Crippen molar-refractivity contribution in [2.24, 2.45) is 0 Å². The van der Waals surface area contributed by atoms with Crippen molar-refractivity contribution in [1.29, 1.82) is 0 Å². The molecule has 5 nitrogen and oxygen atoms in total. The maximum absolute atomic E-state index is 11.4. The third-order valence-corrected chi connectivity index (χ3v) is 4.73. The van der Waals surface area contributed by atoms with Crippen LogP contribution in [0.1, 0.15) is 34.3 Å². The Morgan fingerprint density at radius 1 is 1.22 bits per heavy atom. The van der Waals surface area contributed by atoms with Crippen molar-refractivity contribution >= 4 is 16.9 Å². The molecule has 1 aliphatic heterocycles. The van der Waals surface area contributed by atoms with E-state index in [1.165, 1.54) is 18.4 Å². The van der Waals surface area contributed by atoms with Crippen LogP contribution < -0.4 is 0 Å². The predicted octanol–water partition coefficient (Wildman–Crippen LogP) is 2.28. The molecule has 1 saturated heterocycles. The van der Waals surface area contributed by atoms with E-state index in [9.17, 15) is 15.0 Å². The Hall–Kier alpha value is -1.85. The summed E-state index contributed by atoms with van der Waals surface area (Å²) in [5.41, 5.74) is 3.49. The number of benzene rings is 1. The van der Waals surface area contributed by atoms with E-state index in [2.05, 4.69) is 15.7 Å². The number of carboxylic acids is 1. The lowest BCUT2D eigenvalue weighted by molar-refractivity contribution is 0.0697. The molecule has 0 spiro atoms. The van der Waals surface area contributed by atoms with Crippen LogP contribution in [0.5, 0.6) is 0 Å². The van der Waals surface area contributed by atoms with Crippen molar-refractivity contribution in [2.75, 3.05) is 26.2 Å². The third kappa shape index (κ3) is 3.26. The fraction of sp³-hybridized carbons (Fsp3) is 0.500. The second-order valence-corrected chi connectivity index (χ2v) is 6.36. The second-order valence-electron chi connectivity index (χ2n) is 6.36. The molecule has 0 unspecified atom stereocenters. The highest BCUT2D eigenvalue weighted by atomic mass is 16.4. The number of likely N-dealkylation sites (tertiary alicyclic amines) is 1. The van der Waals surface area contributed by atoms with E-state index in [0.717, 1.165) is 42.5 Å². The molecular formula is C18H24N2O3. The van der Waals surface area contributed by atoms with Crippen LogP contribution in [0.3, 0.4) is 0 Å². The number of rotatable bonds is 6. The highest BCUT2D eigenvalue weighted by molar-refractivity contribution is 5.96. The fourth-order valence-electron chi connectivity index (χ4n) is 3.62.